The first-order valence-corrected chi connectivity index (χ1v) is 5.75. The van der Waals surface area contributed by atoms with E-state index in [1.165, 1.54) is 6.42 Å². The molecule has 2 unspecified atom stereocenters. The molecule has 1 aliphatic carbocycles. The van der Waals surface area contributed by atoms with Crippen molar-refractivity contribution in [1.82, 2.24) is 0 Å². The lowest BCUT2D eigenvalue weighted by Gasteiger charge is -2.38. The summed E-state index contributed by atoms with van der Waals surface area (Å²) in [6, 6.07) is 0. The lowest BCUT2D eigenvalue weighted by molar-refractivity contribution is -0.132. The van der Waals surface area contributed by atoms with Crippen LogP contribution in [0.5, 0.6) is 0 Å². The Bertz CT molecular complexity index is 268. The third-order valence-electron chi connectivity index (χ3n) is 3.34. The van der Waals surface area contributed by atoms with Gasteiger partial charge in [0.15, 0.2) is 0 Å². The van der Waals surface area contributed by atoms with Gasteiger partial charge in [0, 0.05) is 5.57 Å². The van der Waals surface area contributed by atoms with Gasteiger partial charge < -0.3 is 5.11 Å². The van der Waals surface area contributed by atoms with E-state index < -0.39 is 5.97 Å². The molecule has 2 heteroatoms. The monoisotopic (exact) mass is 210 g/mol. The van der Waals surface area contributed by atoms with Crippen LogP contribution in [0.2, 0.25) is 0 Å². The fourth-order valence-corrected chi connectivity index (χ4v) is 3.23. The number of carboxylic acid groups (broad SMARTS) is 1. The third kappa shape index (κ3) is 3.37. The molecule has 2 nitrogen and oxygen atoms in total. The van der Waals surface area contributed by atoms with E-state index in [4.69, 9.17) is 5.11 Å². The Hall–Kier alpha value is -0.790. The predicted molar refractivity (Wildman–Crippen MR) is 61.7 cm³/mol. The van der Waals surface area contributed by atoms with Crippen LogP contribution in [0, 0.1) is 17.3 Å². The summed E-state index contributed by atoms with van der Waals surface area (Å²) in [7, 11) is 0. The van der Waals surface area contributed by atoms with Crippen LogP contribution in [0.1, 0.15) is 47.0 Å². The van der Waals surface area contributed by atoms with Crippen molar-refractivity contribution >= 4 is 5.97 Å². The van der Waals surface area contributed by atoms with Crippen LogP contribution in [0.15, 0.2) is 11.6 Å². The van der Waals surface area contributed by atoms with E-state index in [1.807, 2.05) is 6.08 Å². The van der Waals surface area contributed by atoms with Gasteiger partial charge in [-0.1, -0.05) is 26.8 Å². The topological polar surface area (TPSA) is 37.3 Å². The summed E-state index contributed by atoms with van der Waals surface area (Å²) in [5.41, 5.74) is 0.568. The molecule has 15 heavy (non-hydrogen) atoms. The van der Waals surface area contributed by atoms with Gasteiger partial charge in [-0.05, 0) is 43.4 Å². The zero-order chi connectivity index (χ0) is 11.6. The highest BCUT2D eigenvalue weighted by atomic mass is 16.4. The number of carbonyl (C=O) groups is 1. The molecule has 0 aromatic heterocycles. The Balaban J connectivity index is 2.81. The largest absolute Gasteiger partial charge is 0.478 e. The van der Waals surface area contributed by atoms with Crippen LogP contribution in [-0.2, 0) is 4.79 Å². The molecule has 1 fully saturated rings. The fraction of sp³-hybridized carbons (Fsp3) is 0.769. The Kier molecular flexibility index (Phi) is 3.58. The minimum Gasteiger partial charge on any atom is -0.478 e. The molecular formula is C13H22O2. The maximum atomic E-state index is 10.8. The molecule has 0 aromatic rings. The van der Waals surface area contributed by atoms with Crippen LogP contribution in [0.4, 0.5) is 0 Å². The molecule has 1 saturated carbocycles. The zero-order valence-corrected chi connectivity index (χ0v) is 10.2. The van der Waals surface area contributed by atoms with Crippen LogP contribution in [-0.4, -0.2) is 11.1 Å². The Morgan fingerprint density at radius 3 is 2.20 bits per heavy atom. The van der Waals surface area contributed by atoms with Crippen molar-refractivity contribution in [3.05, 3.63) is 11.6 Å². The van der Waals surface area contributed by atoms with E-state index in [2.05, 4.69) is 20.8 Å². The highest BCUT2D eigenvalue weighted by Gasteiger charge is 2.32. The highest BCUT2D eigenvalue weighted by Crippen LogP contribution is 2.43. The van der Waals surface area contributed by atoms with Crippen molar-refractivity contribution in [3.8, 4) is 0 Å². The molecule has 0 spiro atoms. The van der Waals surface area contributed by atoms with Gasteiger partial charge in [0.2, 0.25) is 0 Å². The number of rotatable bonds is 2. The number of hydrogen-bond acceptors (Lipinski definition) is 1. The normalized spacial score (nSPS) is 37.7. The van der Waals surface area contributed by atoms with Crippen LogP contribution >= 0.6 is 0 Å². The summed E-state index contributed by atoms with van der Waals surface area (Å²) in [5.74, 6) is 0.621. The second-order valence-electron chi connectivity index (χ2n) is 5.64. The average molecular weight is 210 g/mol. The van der Waals surface area contributed by atoms with E-state index in [0.717, 1.165) is 12.8 Å². The summed E-state index contributed by atoms with van der Waals surface area (Å²) in [5, 5.41) is 8.89. The maximum Gasteiger partial charge on any atom is 0.330 e. The number of carboxylic acids is 1. The number of hydrogen-bond donors (Lipinski definition) is 1. The lowest BCUT2D eigenvalue weighted by atomic mass is 9.67. The van der Waals surface area contributed by atoms with E-state index in [-0.39, 0.29) is 5.41 Å². The number of allylic oxidation sites excluding steroid dienone is 1. The first kappa shape index (κ1) is 12.3. The van der Waals surface area contributed by atoms with Crippen molar-refractivity contribution in [2.75, 3.05) is 0 Å². The quantitative estimate of drug-likeness (QED) is 0.708. The summed E-state index contributed by atoms with van der Waals surface area (Å²) in [6.45, 7) is 8.40. The first-order chi connectivity index (χ1) is 6.82. The number of aliphatic carboxylic acids is 1. The molecule has 2 atom stereocenters. The second-order valence-corrected chi connectivity index (χ2v) is 5.64. The third-order valence-corrected chi connectivity index (χ3v) is 3.34. The summed E-state index contributed by atoms with van der Waals surface area (Å²) in [4.78, 5) is 10.8. The van der Waals surface area contributed by atoms with Gasteiger partial charge in [-0.15, -0.1) is 0 Å². The van der Waals surface area contributed by atoms with Gasteiger partial charge in [-0.3, -0.25) is 0 Å². The van der Waals surface area contributed by atoms with Gasteiger partial charge in [0.1, 0.15) is 0 Å². The van der Waals surface area contributed by atoms with E-state index >= 15 is 0 Å². The Morgan fingerprint density at radius 1 is 1.33 bits per heavy atom. The molecule has 0 amide bonds. The molecule has 0 heterocycles. The predicted octanol–water partition coefficient (Wildman–Crippen LogP) is 3.48. The van der Waals surface area contributed by atoms with Gasteiger partial charge in [0.25, 0.3) is 0 Å². The SMILES string of the molecule is CC(=CC1(C)CC(C)CC(C)C1)C(=O)O. The summed E-state index contributed by atoms with van der Waals surface area (Å²) < 4.78 is 0. The molecule has 1 aliphatic rings. The molecule has 1 rings (SSSR count). The van der Waals surface area contributed by atoms with Crippen molar-refractivity contribution < 1.29 is 9.90 Å². The van der Waals surface area contributed by atoms with Crippen molar-refractivity contribution in [1.29, 1.82) is 0 Å². The minimum atomic E-state index is -0.790. The molecule has 0 aliphatic heterocycles. The van der Waals surface area contributed by atoms with Crippen molar-refractivity contribution in [2.45, 2.75) is 47.0 Å². The van der Waals surface area contributed by atoms with Crippen molar-refractivity contribution in [2.24, 2.45) is 17.3 Å². The molecule has 0 aromatic carbocycles. The Morgan fingerprint density at radius 2 is 1.80 bits per heavy atom. The standard InChI is InChI=1S/C13H22O2/c1-9-5-10(2)7-13(4,6-9)8-11(3)12(14)15/h8-10H,5-7H2,1-4H3,(H,14,15). The average Bonchev–Trinajstić information content (AvgIpc) is 1.99. The van der Waals surface area contributed by atoms with Crippen molar-refractivity contribution in [3.63, 3.8) is 0 Å². The van der Waals surface area contributed by atoms with Crippen LogP contribution in [0.25, 0.3) is 0 Å². The van der Waals surface area contributed by atoms with E-state index in [1.54, 1.807) is 6.92 Å². The van der Waals surface area contributed by atoms with Gasteiger partial charge in [-0.25, -0.2) is 4.79 Å². The smallest absolute Gasteiger partial charge is 0.330 e. The zero-order valence-electron chi connectivity index (χ0n) is 10.2. The molecule has 0 saturated heterocycles. The summed E-state index contributed by atoms with van der Waals surface area (Å²) >= 11 is 0. The first-order valence-electron chi connectivity index (χ1n) is 5.75. The molecule has 0 bridgehead atoms. The van der Waals surface area contributed by atoms with Crippen LogP contribution < -0.4 is 0 Å². The minimum absolute atomic E-state index is 0.0829. The molecule has 0 radical (unpaired) electrons. The molecule has 86 valence electrons. The molecular weight excluding hydrogens is 188 g/mol. The Labute approximate surface area is 92.4 Å². The lowest BCUT2D eigenvalue weighted by Crippen LogP contribution is -2.28. The maximum absolute atomic E-state index is 10.8. The van der Waals surface area contributed by atoms with Gasteiger partial charge in [0.05, 0.1) is 0 Å². The fourth-order valence-electron chi connectivity index (χ4n) is 3.23. The van der Waals surface area contributed by atoms with E-state index in [9.17, 15) is 4.79 Å². The summed E-state index contributed by atoms with van der Waals surface area (Å²) in [6.07, 6.45) is 5.46. The van der Waals surface area contributed by atoms with E-state index in [0.29, 0.717) is 17.4 Å². The van der Waals surface area contributed by atoms with Gasteiger partial charge in [-0.2, -0.15) is 0 Å². The molecule has 1 N–H and O–H groups in total. The van der Waals surface area contributed by atoms with Crippen LogP contribution in [0.3, 0.4) is 0 Å². The van der Waals surface area contributed by atoms with Gasteiger partial charge >= 0.3 is 5.97 Å². The second kappa shape index (κ2) is 4.38. The highest BCUT2D eigenvalue weighted by molar-refractivity contribution is 5.85.